The minimum atomic E-state index is -0.0449. The second-order valence-electron chi connectivity index (χ2n) is 7.43. The lowest BCUT2D eigenvalue weighted by Crippen LogP contribution is -2.32. The van der Waals surface area contributed by atoms with Gasteiger partial charge in [0, 0.05) is 30.6 Å². The van der Waals surface area contributed by atoms with Gasteiger partial charge in [0.15, 0.2) is 5.13 Å². The molecule has 1 saturated heterocycles. The van der Waals surface area contributed by atoms with Crippen LogP contribution in [0.5, 0.6) is 5.75 Å². The number of para-hydroxylation sites is 1. The first-order valence-electron chi connectivity index (χ1n) is 9.96. The zero-order valence-corrected chi connectivity index (χ0v) is 16.5. The molecule has 0 unspecified atom stereocenters. The van der Waals surface area contributed by atoms with Crippen LogP contribution in [0.3, 0.4) is 0 Å². The standard InChI is InChI=1S/C22H23N3O2S/c26-21(23-17-10-13-27-19-7-3-2-6-16(17)19)15-8-9-18-20(14-15)28-22(24-18)25-11-4-1-5-12-25/h2-3,6-9,14,17H,1,4-5,10-13H2,(H,23,26)/t17-/m0/s1. The maximum Gasteiger partial charge on any atom is 0.251 e. The lowest BCUT2D eigenvalue weighted by molar-refractivity contribution is 0.0925. The van der Waals surface area contributed by atoms with E-state index < -0.39 is 0 Å². The van der Waals surface area contributed by atoms with Crippen LogP contribution < -0.4 is 15.0 Å². The summed E-state index contributed by atoms with van der Waals surface area (Å²) in [5.41, 5.74) is 2.71. The lowest BCUT2D eigenvalue weighted by atomic mass is 10.00. The molecule has 3 heterocycles. The van der Waals surface area contributed by atoms with Gasteiger partial charge in [-0.2, -0.15) is 0 Å². The van der Waals surface area contributed by atoms with E-state index in [4.69, 9.17) is 9.72 Å². The number of hydrogen-bond acceptors (Lipinski definition) is 5. The third-order valence-electron chi connectivity index (χ3n) is 5.53. The summed E-state index contributed by atoms with van der Waals surface area (Å²) < 4.78 is 6.77. The number of carbonyl (C=O) groups excluding carboxylic acids is 1. The zero-order chi connectivity index (χ0) is 18.9. The number of hydrogen-bond donors (Lipinski definition) is 1. The molecule has 28 heavy (non-hydrogen) atoms. The Hall–Kier alpha value is -2.60. The maximum absolute atomic E-state index is 12.9. The number of aromatic nitrogens is 1. The molecule has 144 valence electrons. The van der Waals surface area contributed by atoms with Gasteiger partial charge in [0.1, 0.15) is 5.75 Å². The van der Waals surface area contributed by atoms with Crippen molar-refractivity contribution < 1.29 is 9.53 Å². The molecule has 6 heteroatoms. The van der Waals surface area contributed by atoms with Crippen LogP contribution >= 0.6 is 11.3 Å². The van der Waals surface area contributed by atoms with Crippen LogP contribution in [0.15, 0.2) is 42.5 Å². The zero-order valence-electron chi connectivity index (χ0n) is 15.7. The quantitative estimate of drug-likeness (QED) is 0.710. The van der Waals surface area contributed by atoms with Gasteiger partial charge < -0.3 is 15.0 Å². The summed E-state index contributed by atoms with van der Waals surface area (Å²) in [6.45, 7) is 2.78. The molecular weight excluding hydrogens is 370 g/mol. The number of amides is 1. The Morgan fingerprint density at radius 2 is 2.00 bits per heavy atom. The molecule has 2 aliphatic heterocycles. The number of piperidine rings is 1. The number of anilines is 1. The summed E-state index contributed by atoms with van der Waals surface area (Å²) in [4.78, 5) is 20.0. The Labute approximate surface area is 168 Å². The molecule has 1 amide bonds. The minimum Gasteiger partial charge on any atom is -0.493 e. The summed E-state index contributed by atoms with van der Waals surface area (Å²) in [5.74, 6) is 0.819. The van der Waals surface area contributed by atoms with Crippen molar-refractivity contribution in [2.24, 2.45) is 0 Å². The van der Waals surface area contributed by atoms with E-state index in [1.807, 2.05) is 42.5 Å². The minimum absolute atomic E-state index is 0.0153. The van der Waals surface area contributed by atoms with Gasteiger partial charge >= 0.3 is 0 Å². The fourth-order valence-electron chi connectivity index (χ4n) is 4.01. The second-order valence-corrected chi connectivity index (χ2v) is 8.44. The predicted molar refractivity (Wildman–Crippen MR) is 112 cm³/mol. The van der Waals surface area contributed by atoms with Gasteiger partial charge in [-0.15, -0.1) is 0 Å². The van der Waals surface area contributed by atoms with E-state index in [0.717, 1.165) is 46.2 Å². The van der Waals surface area contributed by atoms with E-state index in [9.17, 15) is 4.79 Å². The molecule has 0 bridgehead atoms. The van der Waals surface area contributed by atoms with Crippen LogP contribution in [0, 0.1) is 0 Å². The predicted octanol–water partition coefficient (Wildman–Crippen LogP) is 4.54. The van der Waals surface area contributed by atoms with Crippen molar-refractivity contribution in [3.8, 4) is 5.75 Å². The third kappa shape index (κ3) is 3.33. The van der Waals surface area contributed by atoms with Crippen LogP contribution in [0.2, 0.25) is 0 Å². The maximum atomic E-state index is 12.9. The van der Waals surface area contributed by atoms with Gasteiger partial charge in [0.25, 0.3) is 5.91 Å². The highest BCUT2D eigenvalue weighted by Gasteiger charge is 2.23. The number of fused-ring (bicyclic) bond motifs is 2. The number of nitrogens with one attached hydrogen (secondary N) is 1. The number of nitrogens with zero attached hydrogens (tertiary/aromatic N) is 2. The summed E-state index contributed by atoms with van der Waals surface area (Å²) in [7, 11) is 0. The van der Waals surface area contributed by atoms with Gasteiger partial charge in [-0.1, -0.05) is 29.5 Å². The highest BCUT2D eigenvalue weighted by atomic mass is 32.1. The number of rotatable bonds is 3. The molecule has 1 aromatic heterocycles. The van der Waals surface area contributed by atoms with Crippen LogP contribution in [0.25, 0.3) is 10.2 Å². The molecule has 0 saturated carbocycles. The smallest absolute Gasteiger partial charge is 0.251 e. The summed E-state index contributed by atoms with van der Waals surface area (Å²) >= 11 is 1.68. The van der Waals surface area contributed by atoms with E-state index in [0.29, 0.717) is 12.2 Å². The topological polar surface area (TPSA) is 54.5 Å². The van der Waals surface area contributed by atoms with Crippen LogP contribution in [-0.4, -0.2) is 30.6 Å². The Kier molecular flexibility index (Phi) is 4.64. The van der Waals surface area contributed by atoms with Crippen molar-refractivity contribution in [3.05, 3.63) is 53.6 Å². The van der Waals surface area contributed by atoms with Crippen molar-refractivity contribution in [2.75, 3.05) is 24.6 Å². The van der Waals surface area contributed by atoms with Crippen molar-refractivity contribution >= 4 is 32.6 Å². The number of ether oxygens (including phenoxy) is 1. The number of thiazole rings is 1. The Morgan fingerprint density at radius 1 is 1.14 bits per heavy atom. The lowest BCUT2D eigenvalue weighted by Gasteiger charge is -2.26. The van der Waals surface area contributed by atoms with Crippen LogP contribution in [-0.2, 0) is 0 Å². The fourth-order valence-corrected chi connectivity index (χ4v) is 5.06. The molecule has 2 aromatic carbocycles. The molecule has 2 aliphatic rings. The Bertz CT molecular complexity index is 1010. The van der Waals surface area contributed by atoms with Crippen molar-refractivity contribution in [1.29, 1.82) is 0 Å². The molecule has 1 atom stereocenters. The molecular formula is C22H23N3O2S. The molecule has 0 radical (unpaired) electrons. The Morgan fingerprint density at radius 3 is 2.89 bits per heavy atom. The highest BCUT2D eigenvalue weighted by Crippen LogP contribution is 2.33. The average molecular weight is 394 g/mol. The molecule has 3 aromatic rings. The molecule has 1 fully saturated rings. The molecule has 0 spiro atoms. The highest BCUT2D eigenvalue weighted by molar-refractivity contribution is 7.22. The molecule has 5 nitrogen and oxygen atoms in total. The summed E-state index contributed by atoms with van der Waals surface area (Å²) in [5, 5.41) is 4.26. The normalized spacial score (nSPS) is 19.1. The van der Waals surface area contributed by atoms with E-state index in [1.165, 1.54) is 19.3 Å². The van der Waals surface area contributed by atoms with Crippen molar-refractivity contribution in [2.45, 2.75) is 31.7 Å². The third-order valence-corrected chi connectivity index (χ3v) is 6.61. The van der Waals surface area contributed by atoms with E-state index in [1.54, 1.807) is 11.3 Å². The largest absolute Gasteiger partial charge is 0.493 e. The number of carbonyl (C=O) groups is 1. The van der Waals surface area contributed by atoms with Gasteiger partial charge in [0.2, 0.25) is 0 Å². The molecule has 0 aliphatic carbocycles. The first-order valence-corrected chi connectivity index (χ1v) is 10.8. The fraction of sp³-hybridized carbons (Fsp3) is 0.364. The summed E-state index contributed by atoms with van der Waals surface area (Å²) in [6.07, 6.45) is 4.55. The van der Waals surface area contributed by atoms with Gasteiger partial charge in [-0.05, 0) is 43.5 Å². The van der Waals surface area contributed by atoms with E-state index in [-0.39, 0.29) is 11.9 Å². The first kappa shape index (κ1) is 17.5. The second kappa shape index (κ2) is 7.43. The molecule has 5 rings (SSSR count). The van der Waals surface area contributed by atoms with Crippen LogP contribution in [0.4, 0.5) is 5.13 Å². The van der Waals surface area contributed by atoms with E-state index in [2.05, 4.69) is 10.2 Å². The van der Waals surface area contributed by atoms with Crippen molar-refractivity contribution in [1.82, 2.24) is 10.3 Å². The summed E-state index contributed by atoms with van der Waals surface area (Å²) in [6, 6.07) is 13.7. The van der Waals surface area contributed by atoms with Gasteiger partial charge in [-0.25, -0.2) is 4.98 Å². The Balaban J connectivity index is 1.36. The van der Waals surface area contributed by atoms with Crippen LogP contribution in [0.1, 0.15) is 47.6 Å². The van der Waals surface area contributed by atoms with Gasteiger partial charge in [0.05, 0.1) is 22.9 Å². The van der Waals surface area contributed by atoms with Gasteiger partial charge in [-0.3, -0.25) is 4.79 Å². The monoisotopic (exact) mass is 393 g/mol. The van der Waals surface area contributed by atoms with E-state index >= 15 is 0 Å². The van der Waals surface area contributed by atoms with Crippen molar-refractivity contribution in [3.63, 3.8) is 0 Å². The average Bonchev–Trinajstić information content (AvgIpc) is 3.18. The first-order chi connectivity index (χ1) is 13.8. The number of benzene rings is 2. The molecule has 1 N–H and O–H groups in total. The SMILES string of the molecule is O=C(N[C@H]1CCOc2ccccc21)c1ccc2nc(N3CCCCC3)sc2c1.